The molecule has 2 aliphatic rings. The van der Waals surface area contributed by atoms with E-state index in [4.69, 9.17) is 27.4 Å². The third kappa shape index (κ3) is 10.5. The number of anilines is 2. The summed E-state index contributed by atoms with van der Waals surface area (Å²) in [5.74, 6) is -3.46. The maximum Gasteiger partial charge on any atom is 0.292 e. The zero-order valence-electron chi connectivity index (χ0n) is 32.6. The first-order chi connectivity index (χ1) is 28.2. The molecule has 0 aliphatic carbocycles. The van der Waals surface area contributed by atoms with Crippen LogP contribution in [0.1, 0.15) is 27.7 Å². The molecule has 2 saturated heterocycles. The van der Waals surface area contributed by atoms with Crippen molar-refractivity contribution in [3.8, 4) is 11.4 Å². The number of aliphatic hydroxyl groups excluding tert-OH is 1. The van der Waals surface area contributed by atoms with E-state index < -0.39 is 77.7 Å². The summed E-state index contributed by atoms with van der Waals surface area (Å²) < 4.78 is 112. The van der Waals surface area contributed by atoms with Crippen LogP contribution in [0.4, 0.5) is 28.9 Å². The number of rotatable bonds is 11. The highest BCUT2D eigenvalue weighted by molar-refractivity contribution is 7.89. The Labute approximate surface area is 353 Å². The van der Waals surface area contributed by atoms with E-state index in [1.807, 2.05) is 0 Å². The van der Waals surface area contributed by atoms with Crippen molar-refractivity contribution in [3.05, 3.63) is 103 Å². The van der Waals surface area contributed by atoms with Gasteiger partial charge in [-0.25, -0.2) is 26.0 Å². The summed E-state index contributed by atoms with van der Waals surface area (Å²) in [6, 6.07) is 4.10. The molecule has 4 aromatic rings. The van der Waals surface area contributed by atoms with E-state index in [9.17, 15) is 49.1 Å². The lowest BCUT2D eigenvalue weighted by Crippen LogP contribution is -2.58. The molecule has 24 heteroatoms. The monoisotopic (exact) mass is 924 g/mol. The SMILES string of the molecule is CC(C)S(=O)(=O)OCC1CN(S(=O)(=O)C(C)C)CCN1c1cnn(-c2cc(F)cc(F)c2)c(=O)c1Cl.O=c1c(Cl)c(N2CCNCC2CO)cnn1-c1cc(F)cc(F)c1. The fourth-order valence-corrected chi connectivity index (χ4v) is 8.71. The topological polar surface area (TPSA) is 189 Å². The zero-order chi connectivity index (χ0) is 44.3. The molecule has 2 aliphatic heterocycles. The molecule has 6 rings (SSSR count). The molecule has 2 fully saturated rings. The van der Waals surface area contributed by atoms with Gasteiger partial charge in [-0.05, 0) is 52.0 Å². The molecule has 2 aromatic heterocycles. The fraction of sp³-hybridized carbons (Fsp3) is 0.444. The average molecular weight is 926 g/mol. The molecule has 2 atom stereocenters. The molecule has 0 bridgehead atoms. The van der Waals surface area contributed by atoms with E-state index in [-0.39, 0.29) is 59.4 Å². The van der Waals surface area contributed by atoms with Gasteiger partial charge in [0.15, 0.2) is 0 Å². The van der Waals surface area contributed by atoms with Crippen molar-refractivity contribution in [2.24, 2.45) is 0 Å². The van der Waals surface area contributed by atoms with Crippen LogP contribution in [0.15, 0.2) is 58.4 Å². The number of hydrogen-bond donors (Lipinski definition) is 2. The lowest BCUT2D eigenvalue weighted by molar-refractivity contribution is 0.235. The maximum absolute atomic E-state index is 13.7. The summed E-state index contributed by atoms with van der Waals surface area (Å²) in [4.78, 5) is 28.8. The molecule has 0 radical (unpaired) electrons. The van der Waals surface area contributed by atoms with E-state index in [0.717, 1.165) is 33.6 Å². The van der Waals surface area contributed by atoms with Crippen LogP contribution in [0, 0.1) is 23.3 Å². The first-order valence-corrected chi connectivity index (χ1v) is 22.1. The van der Waals surface area contributed by atoms with Gasteiger partial charge in [-0.1, -0.05) is 23.2 Å². The molecule has 0 spiro atoms. The van der Waals surface area contributed by atoms with Crippen molar-refractivity contribution in [2.75, 3.05) is 62.3 Å². The van der Waals surface area contributed by atoms with Gasteiger partial charge < -0.3 is 20.2 Å². The van der Waals surface area contributed by atoms with Gasteiger partial charge in [-0.15, -0.1) is 0 Å². The van der Waals surface area contributed by atoms with Crippen LogP contribution in [-0.2, 0) is 24.3 Å². The number of hydrogen-bond acceptors (Lipinski definition) is 13. The number of piperazine rings is 2. The zero-order valence-corrected chi connectivity index (χ0v) is 35.7. The normalized spacial score (nSPS) is 17.9. The van der Waals surface area contributed by atoms with E-state index in [1.165, 1.54) is 44.4 Å². The Morgan fingerprint density at radius 1 is 0.750 bits per heavy atom. The second kappa shape index (κ2) is 19.3. The predicted molar refractivity (Wildman–Crippen MR) is 217 cm³/mol. The minimum Gasteiger partial charge on any atom is -0.394 e. The lowest BCUT2D eigenvalue weighted by Gasteiger charge is -2.42. The average Bonchev–Trinajstić information content (AvgIpc) is 3.18. The Morgan fingerprint density at radius 2 is 1.22 bits per heavy atom. The first-order valence-electron chi connectivity index (χ1n) is 18.4. The molecule has 60 heavy (non-hydrogen) atoms. The second-order valence-corrected chi connectivity index (χ2v) is 19.6. The Morgan fingerprint density at radius 3 is 1.65 bits per heavy atom. The van der Waals surface area contributed by atoms with E-state index >= 15 is 0 Å². The van der Waals surface area contributed by atoms with Crippen molar-refractivity contribution in [2.45, 2.75) is 50.3 Å². The summed E-state index contributed by atoms with van der Waals surface area (Å²) in [7, 11) is -7.58. The van der Waals surface area contributed by atoms with E-state index in [2.05, 4.69) is 15.5 Å². The molecule has 328 valence electrons. The third-order valence-corrected chi connectivity index (χ3v) is 14.1. The minimum atomic E-state index is -3.92. The van der Waals surface area contributed by atoms with Crippen molar-refractivity contribution in [1.82, 2.24) is 29.2 Å². The quantitative estimate of drug-likeness (QED) is 0.165. The third-order valence-electron chi connectivity index (χ3n) is 9.57. The van der Waals surface area contributed by atoms with Gasteiger partial charge >= 0.3 is 0 Å². The van der Waals surface area contributed by atoms with Crippen molar-refractivity contribution < 1.29 is 43.7 Å². The van der Waals surface area contributed by atoms with Gasteiger partial charge in [0.2, 0.25) is 10.0 Å². The smallest absolute Gasteiger partial charge is 0.292 e. The van der Waals surface area contributed by atoms with E-state index in [0.29, 0.717) is 37.5 Å². The van der Waals surface area contributed by atoms with Gasteiger partial charge in [0.05, 0.1) is 70.9 Å². The molecule has 2 N–H and O–H groups in total. The minimum absolute atomic E-state index is 0.0441. The number of sulfonamides is 1. The Balaban J connectivity index is 0.000000246. The highest BCUT2D eigenvalue weighted by Crippen LogP contribution is 2.29. The molecule has 0 amide bonds. The first kappa shape index (κ1) is 46.9. The Kier molecular flexibility index (Phi) is 15.1. The molecule has 16 nitrogen and oxygen atoms in total. The fourth-order valence-electron chi connectivity index (χ4n) is 6.31. The highest BCUT2D eigenvalue weighted by atomic mass is 35.5. The van der Waals surface area contributed by atoms with Crippen LogP contribution in [-0.4, -0.2) is 121 Å². The van der Waals surface area contributed by atoms with Crippen molar-refractivity contribution in [3.63, 3.8) is 0 Å². The Bertz CT molecular complexity index is 2510. The number of halogens is 6. The van der Waals surface area contributed by atoms with Crippen LogP contribution in [0.5, 0.6) is 0 Å². The van der Waals surface area contributed by atoms with Crippen LogP contribution in [0.2, 0.25) is 10.0 Å². The Hall–Kier alpha value is -4.16. The van der Waals surface area contributed by atoms with Gasteiger partial charge in [-0.3, -0.25) is 13.8 Å². The lowest BCUT2D eigenvalue weighted by atomic mass is 10.2. The molecule has 2 unspecified atom stereocenters. The molecule has 0 saturated carbocycles. The number of benzene rings is 2. The van der Waals surface area contributed by atoms with Crippen LogP contribution in [0.3, 0.4) is 0 Å². The number of nitrogens with one attached hydrogen (secondary N) is 1. The van der Waals surface area contributed by atoms with Gasteiger partial charge in [0.1, 0.15) is 33.3 Å². The summed E-state index contributed by atoms with van der Waals surface area (Å²) >= 11 is 12.5. The summed E-state index contributed by atoms with van der Waals surface area (Å²) in [5.41, 5.74) is -1.30. The highest BCUT2D eigenvalue weighted by Gasteiger charge is 2.37. The number of aliphatic hydroxyl groups is 1. The van der Waals surface area contributed by atoms with Crippen LogP contribution < -0.4 is 26.2 Å². The molecular formula is C36H42Cl2F4N8O8S2. The molecule has 2 aromatic carbocycles. The molecular weight excluding hydrogens is 883 g/mol. The molecule has 4 heterocycles. The largest absolute Gasteiger partial charge is 0.394 e. The summed E-state index contributed by atoms with van der Waals surface area (Å²) in [6.45, 7) is 7.18. The summed E-state index contributed by atoms with van der Waals surface area (Å²) in [5, 5.41) is 18.6. The van der Waals surface area contributed by atoms with Gasteiger partial charge in [0.25, 0.3) is 21.2 Å². The van der Waals surface area contributed by atoms with Crippen molar-refractivity contribution in [1.29, 1.82) is 0 Å². The van der Waals surface area contributed by atoms with Crippen LogP contribution >= 0.6 is 23.2 Å². The standard InChI is InChI=1S/C21H27ClF2N4O6S2.C15H15ClF2N4O2/c1-13(2)35(30,31)26-5-6-27(18(11-26)12-34-36(32,33)14(3)4)19-10-25-28(21(29)20(19)22)17-8-15(23)7-16(24)9-17;16-14-13(21-2-1-19-6-12(21)8-23)7-20-22(15(14)24)11-4-9(17)3-10(18)5-11/h7-10,13-14,18H,5-6,11-12H2,1-4H3;3-5,7,12,19,23H,1-2,6,8H2. The van der Waals surface area contributed by atoms with Gasteiger partial charge in [-0.2, -0.15) is 32.3 Å². The second-order valence-electron chi connectivity index (χ2n) is 14.2. The predicted octanol–water partition coefficient (Wildman–Crippen LogP) is 3.08. The van der Waals surface area contributed by atoms with Crippen LogP contribution in [0.25, 0.3) is 11.4 Å². The maximum atomic E-state index is 13.7. The summed E-state index contributed by atoms with van der Waals surface area (Å²) in [6.07, 6.45) is 2.56. The van der Waals surface area contributed by atoms with Gasteiger partial charge in [0, 0.05) is 51.4 Å². The number of nitrogens with zero attached hydrogens (tertiary/aromatic N) is 7. The van der Waals surface area contributed by atoms with Crippen molar-refractivity contribution >= 4 is 54.7 Å². The van der Waals surface area contributed by atoms with E-state index in [1.54, 1.807) is 9.80 Å². The number of aromatic nitrogens is 4.